The first-order chi connectivity index (χ1) is 21.2. The van der Waals surface area contributed by atoms with Crippen molar-refractivity contribution in [3.05, 3.63) is 143 Å². The molecule has 2 atom stereocenters. The minimum absolute atomic E-state index is 0.237. The molecule has 1 aliphatic heterocycles. The zero-order valence-corrected chi connectivity index (χ0v) is 26.0. The smallest absolute Gasteiger partial charge is 0.243 e. The Morgan fingerprint density at radius 3 is 2.05 bits per heavy atom. The number of benzene rings is 4. The predicted molar refractivity (Wildman–Crippen MR) is 173 cm³/mol. The van der Waals surface area contributed by atoms with Crippen molar-refractivity contribution in [2.75, 3.05) is 6.54 Å². The van der Waals surface area contributed by atoms with Crippen LogP contribution in [0.15, 0.2) is 109 Å². The first kappa shape index (κ1) is 31.2. The Morgan fingerprint density at radius 2 is 1.43 bits per heavy atom. The first-order valence-corrected chi connectivity index (χ1v) is 16.7. The van der Waals surface area contributed by atoms with E-state index >= 15 is 0 Å². The van der Waals surface area contributed by atoms with Crippen molar-refractivity contribution in [1.82, 2.24) is 14.9 Å². The average Bonchev–Trinajstić information content (AvgIpc) is 3.52. The van der Waals surface area contributed by atoms with Crippen molar-refractivity contribution in [2.24, 2.45) is 0 Å². The lowest BCUT2D eigenvalue weighted by atomic mass is 9.84. The van der Waals surface area contributed by atoms with Crippen molar-refractivity contribution >= 4 is 21.8 Å². The number of aryl methyl sites for hydroxylation is 2. The molecule has 0 spiro atoms. The molecular weight excluding hydrogens is 570 g/mol. The molecule has 7 nitrogen and oxygen atoms in total. The Morgan fingerprint density at radius 1 is 0.841 bits per heavy atom. The first-order valence-electron chi connectivity index (χ1n) is 15.0. The maximum atomic E-state index is 14.6. The highest BCUT2D eigenvalue weighted by molar-refractivity contribution is 7.88. The number of hydrogen-bond acceptors (Lipinski definition) is 4. The summed E-state index contributed by atoms with van der Waals surface area (Å²) in [5.74, 6) is -1.54. The summed E-state index contributed by atoms with van der Waals surface area (Å²) in [6.45, 7) is 4.74. The monoisotopic (exact) mass is 609 g/mol. The molecule has 228 valence electrons. The van der Waals surface area contributed by atoms with Crippen LogP contribution in [0, 0.1) is 13.8 Å². The molecule has 0 aliphatic carbocycles. The van der Waals surface area contributed by atoms with E-state index in [1.165, 1.54) is 0 Å². The maximum Gasteiger partial charge on any atom is 0.243 e. The molecule has 1 heterocycles. The van der Waals surface area contributed by atoms with E-state index in [0.717, 1.165) is 27.8 Å². The fraction of sp³-hybridized carbons (Fsp3) is 0.278. The second kappa shape index (κ2) is 14.0. The molecule has 1 fully saturated rings. The van der Waals surface area contributed by atoms with Crippen LogP contribution in [0.5, 0.6) is 0 Å². The Balaban J connectivity index is 1.47. The lowest BCUT2D eigenvalue weighted by molar-refractivity contribution is -0.140. The van der Waals surface area contributed by atoms with E-state index in [0.29, 0.717) is 31.5 Å². The van der Waals surface area contributed by atoms with E-state index in [4.69, 9.17) is 0 Å². The molecule has 2 N–H and O–H groups in total. The lowest BCUT2D eigenvalue weighted by Gasteiger charge is -2.33. The number of nitrogens with one attached hydrogen (secondary N) is 2. The van der Waals surface area contributed by atoms with Crippen LogP contribution in [0.25, 0.3) is 0 Å². The fourth-order valence-corrected chi connectivity index (χ4v) is 7.30. The molecule has 4 aromatic carbocycles. The highest BCUT2D eigenvalue weighted by Crippen LogP contribution is 2.32. The number of carbonyl (C=O) groups excluding carboxylic acids is 2. The molecule has 44 heavy (non-hydrogen) atoms. The van der Waals surface area contributed by atoms with Crippen molar-refractivity contribution in [3.8, 4) is 0 Å². The maximum absolute atomic E-state index is 14.6. The number of carbonyl (C=O) groups is 2. The van der Waals surface area contributed by atoms with E-state index in [-0.39, 0.29) is 11.7 Å². The van der Waals surface area contributed by atoms with E-state index < -0.39 is 33.9 Å². The van der Waals surface area contributed by atoms with Gasteiger partial charge in [-0.1, -0.05) is 115 Å². The number of rotatable bonds is 11. The SMILES string of the molecule is Cc1ccc(C)c(CNC(=O)[C@@H]2CCCN2C(=O)[C@@H](NS(=O)(=O)Cc2ccccc2)C(c2ccccc2)c2ccccc2)c1. The van der Waals surface area contributed by atoms with Crippen molar-refractivity contribution < 1.29 is 18.0 Å². The Bertz CT molecular complexity index is 1640. The largest absolute Gasteiger partial charge is 0.350 e. The number of likely N-dealkylation sites (tertiary alicyclic amines) is 1. The van der Waals surface area contributed by atoms with Gasteiger partial charge in [0.05, 0.1) is 5.75 Å². The number of nitrogens with zero attached hydrogens (tertiary/aromatic N) is 1. The molecule has 5 rings (SSSR count). The van der Waals surface area contributed by atoms with Crippen molar-refractivity contribution in [3.63, 3.8) is 0 Å². The van der Waals surface area contributed by atoms with Crippen LogP contribution in [0.3, 0.4) is 0 Å². The standard InChI is InChI=1S/C36H39N3O4S/c1-26-20-21-27(2)31(23-26)24-37-35(40)32-19-12-22-39(32)36(41)34(38-44(42,43)25-28-13-6-3-7-14-28)33(29-15-8-4-9-16-29)30-17-10-5-11-18-30/h3-11,13-18,20-21,23,32-34,38H,12,19,22,24-25H2,1-2H3,(H,37,40)/t32-,34-/m0/s1. The summed E-state index contributed by atoms with van der Waals surface area (Å²) in [5.41, 5.74) is 5.43. The van der Waals surface area contributed by atoms with Gasteiger partial charge in [0.15, 0.2) is 0 Å². The minimum Gasteiger partial charge on any atom is -0.350 e. The number of amides is 2. The summed E-state index contributed by atoms with van der Waals surface area (Å²) < 4.78 is 30.1. The van der Waals surface area contributed by atoms with Gasteiger partial charge in [-0.3, -0.25) is 9.59 Å². The van der Waals surface area contributed by atoms with E-state index in [2.05, 4.69) is 16.1 Å². The molecule has 4 aromatic rings. The second-order valence-electron chi connectivity index (χ2n) is 11.5. The van der Waals surface area contributed by atoms with Gasteiger partial charge in [-0.05, 0) is 54.5 Å². The lowest BCUT2D eigenvalue weighted by Crippen LogP contribution is -2.55. The third-order valence-electron chi connectivity index (χ3n) is 8.22. The molecule has 1 aliphatic rings. The van der Waals surface area contributed by atoms with Crippen molar-refractivity contribution in [2.45, 2.75) is 57.0 Å². The normalized spacial score (nSPS) is 15.7. The van der Waals surface area contributed by atoms with Gasteiger partial charge in [0.1, 0.15) is 12.1 Å². The summed E-state index contributed by atoms with van der Waals surface area (Å²) >= 11 is 0. The van der Waals surface area contributed by atoms with Gasteiger partial charge in [0, 0.05) is 19.0 Å². The predicted octanol–water partition coefficient (Wildman–Crippen LogP) is 5.23. The molecule has 1 saturated heterocycles. The quantitative estimate of drug-likeness (QED) is 0.244. The molecule has 0 aromatic heterocycles. The third-order valence-corrected chi connectivity index (χ3v) is 9.55. The minimum atomic E-state index is -3.96. The number of sulfonamides is 1. The van der Waals surface area contributed by atoms with Gasteiger partial charge in [0.2, 0.25) is 21.8 Å². The molecule has 2 amide bonds. The summed E-state index contributed by atoms with van der Waals surface area (Å²) in [4.78, 5) is 29.7. The molecule has 0 radical (unpaired) electrons. The Kier molecular flexibility index (Phi) is 9.92. The molecular formula is C36H39N3O4S. The molecule has 0 bridgehead atoms. The van der Waals surface area contributed by atoms with Crippen LogP contribution >= 0.6 is 0 Å². The highest BCUT2D eigenvalue weighted by Gasteiger charge is 2.42. The second-order valence-corrected chi connectivity index (χ2v) is 13.2. The zero-order chi connectivity index (χ0) is 31.1. The van der Waals surface area contributed by atoms with E-state index in [9.17, 15) is 18.0 Å². The Hall–Kier alpha value is -4.27. The number of hydrogen-bond donors (Lipinski definition) is 2. The van der Waals surface area contributed by atoms with Crippen LogP contribution in [0.1, 0.15) is 52.1 Å². The molecule has 0 saturated carbocycles. The van der Waals surface area contributed by atoms with Gasteiger partial charge >= 0.3 is 0 Å². The molecule has 0 unspecified atom stereocenters. The fourth-order valence-electron chi connectivity index (χ4n) is 5.96. The van der Waals surface area contributed by atoms with Crippen LogP contribution in [-0.2, 0) is 31.9 Å². The summed E-state index contributed by atoms with van der Waals surface area (Å²) in [5, 5.41) is 3.03. The van der Waals surface area contributed by atoms with E-state index in [1.807, 2.05) is 92.7 Å². The van der Waals surface area contributed by atoms with Gasteiger partial charge in [-0.25, -0.2) is 13.1 Å². The molecule has 8 heteroatoms. The summed E-state index contributed by atoms with van der Waals surface area (Å²) in [7, 11) is -3.96. The van der Waals surface area contributed by atoms with Crippen LogP contribution in [-0.4, -0.2) is 43.8 Å². The van der Waals surface area contributed by atoms with Gasteiger partial charge in [0.25, 0.3) is 0 Å². The van der Waals surface area contributed by atoms with E-state index in [1.54, 1.807) is 29.2 Å². The average molecular weight is 610 g/mol. The van der Waals surface area contributed by atoms with Crippen LogP contribution < -0.4 is 10.0 Å². The summed E-state index contributed by atoms with van der Waals surface area (Å²) in [6, 6.07) is 32.1. The highest BCUT2D eigenvalue weighted by atomic mass is 32.2. The topological polar surface area (TPSA) is 95.6 Å². The zero-order valence-electron chi connectivity index (χ0n) is 25.1. The van der Waals surface area contributed by atoms with Gasteiger partial charge < -0.3 is 10.2 Å². The van der Waals surface area contributed by atoms with Crippen molar-refractivity contribution in [1.29, 1.82) is 0 Å². The van der Waals surface area contributed by atoms with Gasteiger partial charge in [-0.15, -0.1) is 0 Å². The van der Waals surface area contributed by atoms with Crippen LogP contribution in [0.2, 0.25) is 0 Å². The summed E-state index contributed by atoms with van der Waals surface area (Å²) in [6.07, 6.45) is 1.16. The third kappa shape index (κ3) is 7.62. The van der Waals surface area contributed by atoms with Gasteiger partial charge in [-0.2, -0.15) is 0 Å². The van der Waals surface area contributed by atoms with Crippen LogP contribution in [0.4, 0.5) is 0 Å². The Labute approximate surface area is 260 Å².